The van der Waals surface area contributed by atoms with E-state index in [1.54, 1.807) is 4.68 Å². The summed E-state index contributed by atoms with van der Waals surface area (Å²) < 4.78 is 1.80. The largest absolute Gasteiger partial charge is 0.351 e. The first-order chi connectivity index (χ1) is 8.08. The summed E-state index contributed by atoms with van der Waals surface area (Å²) in [5, 5.41) is 14.0. The number of nitrogens with one attached hydrogen (secondary N) is 2. The van der Waals surface area contributed by atoms with Gasteiger partial charge >= 0.3 is 0 Å². The number of carbonyl (C=O) groups excluding carboxylic acids is 1. The second kappa shape index (κ2) is 7.01. The summed E-state index contributed by atoms with van der Waals surface area (Å²) in [6.07, 6.45) is 2.88. The van der Waals surface area contributed by atoms with Gasteiger partial charge in [0.15, 0.2) is 0 Å². The predicted molar refractivity (Wildman–Crippen MR) is 65.3 cm³/mol. The molecule has 0 saturated heterocycles. The van der Waals surface area contributed by atoms with Crippen LogP contribution in [0.2, 0.25) is 0 Å². The molecule has 2 N–H and O–H groups in total. The van der Waals surface area contributed by atoms with Crippen LogP contribution in [-0.4, -0.2) is 33.5 Å². The van der Waals surface area contributed by atoms with Crippen LogP contribution in [0.3, 0.4) is 0 Å². The van der Waals surface area contributed by atoms with Crippen LogP contribution in [0.15, 0.2) is 6.20 Å². The van der Waals surface area contributed by atoms with E-state index in [4.69, 9.17) is 0 Å². The molecule has 96 valence electrons. The van der Waals surface area contributed by atoms with E-state index >= 15 is 0 Å². The molecule has 0 aliphatic rings. The topological polar surface area (TPSA) is 71.8 Å². The van der Waals surface area contributed by atoms with Crippen molar-refractivity contribution in [1.82, 2.24) is 25.6 Å². The van der Waals surface area contributed by atoms with Crippen molar-refractivity contribution in [1.29, 1.82) is 0 Å². The van der Waals surface area contributed by atoms with E-state index in [1.165, 1.54) is 6.92 Å². The molecule has 0 aromatic carbocycles. The summed E-state index contributed by atoms with van der Waals surface area (Å²) in [6.45, 7) is 7.99. The summed E-state index contributed by atoms with van der Waals surface area (Å²) in [5.74, 6) is -0.0549. The van der Waals surface area contributed by atoms with Crippen LogP contribution in [0.5, 0.6) is 0 Å². The summed E-state index contributed by atoms with van der Waals surface area (Å²) in [6, 6.07) is 0.515. The lowest BCUT2D eigenvalue weighted by Gasteiger charge is -2.06. The molecule has 0 aliphatic heterocycles. The Morgan fingerprint density at radius 1 is 1.53 bits per heavy atom. The Kier molecular flexibility index (Phi) is 5.62. The Balaban J connectivity index is 2.23. The summed E-state index contributed by atoms with van der Waals surface area (Å²) in [7, 11) is 0. The Labute approximate surface area is 102 Å². The monoisotopic (exact) mass is 239 g/mol. The predicted octanol–water partition coefficient (Wildman–Crippen LogP) is 0.302. The van der Waals surface area contributed by atoms with Gasteiger partial charge in [-0.05, 0) is 13.0 Å². The van der Waals surface area contributed by atoms with Gasteiger partial charge in [0.2, 0.25) is 5.91 Å². The van der Waals surface area contributed by atoms with Crippen molar-refractivity contribution in [2.24, 2.45) is 0 Å². The molecule has 0 radical (unpaired) electrons. The third kappa shape index (κ3) is 6.01. The second-order valence-corrected chi connectivity index (χ2v) is 4.35. The second-order valence-electron chi connectivity index (χ2n) is 4.35. The maximum atomic E-state index is 10.7. The third-order valence-corrected chi connectivity index (χ3v) is 2.22. The fourth-order valence-corrected chi connectivity index (χ4v) is 1.38. The Hall–Kier alpha value is -1.43. The van der Waals surface area contributed by atoms with Crippen LogP contribution < -0.4 is 10.6 Å². The van der Waals surface area contributed by atoms with Gasteiger partial charge in [-0.1, -0.05) is 19.1 Å². The van der Waals surface area contributed by atoms with Crippen LogP contribution in [0.1, 0.15) is 32.9 Å². The molecule has 0 spiro atoms. The number of carbonyl (C=O) groups is 1. The van der Waals surface area contributed by atoms with Crippen LogP contribution in [0, 0.1) is 0 Å². The summed E-state index contributed by atoms with van der Waals surface area (Å²) in [5.41, 5.74) is 0.789. The summed E-state index contributed by atoms with van der Waals surface area (Å²) >= 11 is 0. The minimum Gasteiger partial charge on any atom is -0.351 e. The van der Waals surface area contributed by atoms with Gasteiger partial charge in [-0.25, -0.2) is 0 Å². The molecule has 1 heterocycles. The molecule has 6 heteroatoms. The highest BCUT2D eigenvalue weighted by molar-refractivity contribution is 5.72. The number of aromatic nitrogens is 3. The fourth-order valence-electron chi connectivity index (χ4n) is 1.38. The number of rotatable bonds is 7. The van der Waals surface area contributed by atoms with Crippen molar-refractivity contribution in [3.63, 3.8) is 0 Å². The number of hydrogen-bond donors (Lipinski definition) is 2. The fraction of sp³-hybridized carbons (Fsp3) is 0.727. The number of amides is 1. The van der Waals surface area contributed by atoms with Crippen molar-refractivity contribution in [3.8, 4) is 0 Å². The highest BCUT2D eigenvalue weighted by Crippen LogP contribution is 1.94. The maximum absolute atomic E-state index is 10.7. The molecular formula is C11H21N5O. The average Bonchev–Trinajstić information content (AvgIpc) is 2.69. The van der Waals surface area contributed by atoms with Crippen LogP contribution >= 0.6 is 0 Å². The summed E-state index contributed by atoms with van der Waals surface area (Å²) in [4.78, 5) is 10.7. The van der Waals surface area contributed by atoms with Gasteiger partial charge < -0.3 is 10.6 Å². The zero-order chi connectivity index (χ0) is 12.7. The van der Waals surface area contributed by atoms with Gasteiger partial charge in [-0.15, -0.1) is 5.10 Å². The minimum absolute atomic E-state index is 0.0549. The zero-order valence-corrected chi connectivity index (χ0v) is 10.7. The highest BCUT2D eigenvalue weighted by Gasteiger charge is 2.01. The van der Waals surface area contributed by atoms with Crippen LogP contribution in [0.25, 0.3) is 0 Å². The molecule has 6 nitrogen and oxygen atoms in total. The van der Waals surface area contributed by atoms with E-state index in [-0.39, 0.29) is 5.91 Å². The van der Waals surface area contributed by atoms with Crippen molar-refractivity contribution in [2.45, 2.75) is 46.3 Å². The molecule has 1 rings (SSSR count). The van der Waals surface area contributed by atoms with E-state index in [0.29, 0.717) is 12.6 Å². The lowest BCUT2D eigenvalue weighted by atomic mass is 10.3. The van der Waals surface area contributed by atoms with Crippen LogP contribution in [0.4, 0.5) is 0 Å². The van der Waals surface area contributed by atoms with Gasteiger partial charge in [0, 0.05) is 19.5 Å². The first-order valence-electron chi connectivity index (χ1n) is 5.94. The first kappa shape index (κ1) is 13.6. The van der Waals surface area contributed by atoms with Gasteiger partial charge in [0.1, 0.15) is 5.69 Å². The lowest BCUT2D eigenvalue weighted by molar-refractivity contribution is -0.119. The molecule has 17 heavy (non-hydrogen) atoms. The van der Waals surface area contributed by atoms with Crippen molar-refractivity contribution in [3.05, 3.63) is 11.9 Å². The van der Waals surface area contributed by atoms with E-state index in [1.807, 2.05) is 6.20 Å². The van der Waals surface area contributed by atoms with E-state index in [9.17, 15) is 4.79 Å². The zero-order valence-electron chi connectivity index (χ0n) is 10.7. The van der Waals surface area contributed by atoms with E-state index in [0.717, 1.165) is 25.2 Å². The molecule has 0 bridgehead atoms. The molecule has 0 fully saturated rings. The van der Waals surface area contributed by atoms with E-state index in [2.05, 4.69) is 34.8 Å². The molecular weight excluding hydrogens is 218 g/mol. The number of aryl methyl sites for hydroxylation is 1. The molecule has 0 unspecified atom stereocenters. The Bertz CT molecular complexity index is 347. The molecule has 0 atom stereocenters. The maximum Gasteiger partial charge on any atom is 0.217 e. The highest BCUT2D eigenvalue weighted by atomic mass is 16.1. The SMILES string of the molecule is CC(=O)NCc1cn(CCCNC(C)C)nn1. The van der Waals surface area contributed by atoms with Crippen LogP contribution in [-0.2, 0) is 17.9 Å². The van der Waals surface area contributed by atoms with Crippen molar-refractivity contribution >= 4 is 5.91 Å². The van der Waals surface area contributed by atoms with Crippen molar-refractivity contribution in [2.75, 3.05) is 6.54 Å². The first-order valence-corrected chi connectivity index (χ1v) is 5.94. The quantitative estimate of drug-likeness (QED) is 0.671. The lowest BCUT2D eigenvalue weighted by Crippen LogP contribution is -2.24. The Morgan fingerprint density at radius 2 is 2.29 bits per heavy atom. The third-order valence-electron chi connectivity index (χ3n) is 2.22. The molecule has 0 aliphatic carbocycles. The van der Waals surface area contributed by atoms with Gasteiger partial charge in [0.25, 0.3) is 0 Å². The normalized spacial score (nSPS) is 10.8. The smallest absolute Gasteiger partial charge is 0.217 e. The standard InChI is InChI=1S/C11H21N5O/c1-9(2)12-5-4-6-16-8-11(14-15-16)7-13-10(3)17/h8-9,12H,4-7H2,1-3H3,(H,13,17). The Morgan fingerprint density at radius 3 is 2.94 bits per heavy atom. The molecule has 0 saturated carbocycles. The van der Waals surface area contributed by atoms with Crippen molar-refractivity contribution < 1.29 is 4.79 Å². The molecule has 1 aromatic heterocycles. The van der Waals surface area contributed by atoms with E-state index < -0.39 is 0 Å². The number of nitrogens with zero attached hydrogens (tertiary/aromatic N) is 3. The van der Waals surface area contributed by atoms with Gasteiger partial charge in [-0.2, -0.15) is 0 Å². The molecule has 1 aromatic rings. The average molecular weight is 239 g/mol. The van der Waals surface area contributed by atoms with Gasteiger partial charge in [0.05, 0.1) is 12.7 Å². The minimum atomic E-state index is -0.0549. The number of hydrogen-bond acceptors (Lipinski definition) is 4. The van der Waals surface area contributed by atoms with Gasteiger partial charge in [-0.3, -0.25) is 9.48 Å². The molecule has 1 amide bonds.